The van der Waals surface area contributed by atoms with Crippen molar-refractivity contribution in [3.63, 3.8) is 0 Å². The molecule has 0 aliphatic carbocycles. The van der Waals surface area contributed by atoms with E-state index >= 15 is 4.39 Å². The number of nitrogens with zero attached hydrogens (tertiary/aromatic N) is 2. The first kappa shape index (κ1) is 21.3. The maximum absolute atomic E-state index is 15.6. The number of amides is 2. The Morgan fingerprint density at radius 2 is 1.90 bits per heavy atom. The SMILES string of the molecule is CC(C)C(=O)N1CCC[C@H](c2cc(C(C)C)c3cc(C(=O)N(C)C)[nH]c3c2F)C1. The van der Waals surface area contributed by atoms with Gasteiger partial charge >= 0.3 is 0 Å². The highest BCUT2D eigenvalue weighted by atomic mass is 19.1. The summed E-state index contributed by atoms with van der Waals surface area (Å²) >= 11 is 0. The van der Waals surface area contributed by atoms with Crippen LogP contribution in [0, 0.1) is 11.7 Å². The molecule has 0 spiro atoms. The number of nitrogens with one attached hydrogen (secondary N) is 1. The Bertz CT molecular complexity index is 930. The Kier molecular flexibility index (Phi) is 6.01. The van der Waals surface area contributed by atoms with Crippen LogP contribution < -0.4 is 0 Å². The molecular weight excluding hydrogens is 369 g/mol. The molecular formula is C23H32FN3O2. The summed E-state index contributed by atoms with van der Waals surface area (Å²) in [5, 5.41) is 0.761. The number of likely N-dealkylation sites (tertiary alicyclic amines) is 1. The third-order valence-corrected chi connectivity index (χ3v) is 5.84. The Morgan fingerprint density at radius 3 is 2.48 bits per heavy atom. The predicted molar refractivity (Wildman–Crippen MR) is 114 cm³/mol. The molecule has 0 saturated carbocycles. The molecule has 2 heterocycles. The largest absolute Gasteiger partial charge is 0.348 e. The predicted octanol–water partition coefficient (Wildman–Crippen LogP) is 4.49. The number of fused-ring (bicyclic) bond motifs is 1. The lowest BCUT2D eigenvalue weighted by atomic mass is 9.86. The lowest BCUT2D eigenvalue weighted by molar-refractivity contribution is -0.135. The van der Waals surface area contributed by atoms with Crippen molar-refractivity contribution in [2.24, 2.45) is 5.92 Å². The van der Waals surface area contributed by atoms with Crippen molar-refractivity contribution in [2.45, 2.75) is 52.4 Å². The molecule has 6 heteroatoms. The highest BCUT2D eigenvalue weighted by Gasteiger charge is 2.30. The van der Waals surface area contributed by atoms with Gasteiger partial charge in [0, 0.05) is 44.4 Å². The number of piperidine rings is 1. The molecule has 2 aromatic rings. The number of rotatable bonds is 4. The van der Waals surface area contributed by atoms with Gasteiger partial charge in [0.25, 0.3) is 5.91 Å². The average molecular weight is 402 g/mol. The van der Waals surface area contributed by atoms with E-state index in [1.807, 2.05) is 24.8 Å². The summed E-state index contributed by atoms with van der Waals surface area (Å²) in [7, 11) is 3.36. The minimum atomic E-state index is -0.300. The Morgan fingerprint density at radius 1 is 1.21 bits per heavy atom. The van der Waals surface area contributed by atoms with Crippen LogP contribution in [0.25, 0.3) is 10.9 Å². The van der Waals surface area contributed by atoms with E-state index in [0.29, 0.717) is 23.3 Å². The number of aromatic amines is 1. The fourth-order valence-corrected chi connectivity index (χ4v) is 4.24. The molecule has 0 unspecified atom stereocenters. The van der Waals surface area contributed by atoms with E-state index in [1.165, 1.54) is 4.90 Å². The molecule has 1 aliphatic rings. The van der Waals surface area contributed by atoms with E-state index < -0.39 is 0 Å². The van der Waals surface area contributed by atoms with Crippen LogP contribution >= 0.6 is 0 Å². The van der Waals surface area contributed by atoms with E-state index in [0.717, 1.165) is 30.3 Å². The van der Waals surface area contributed by atoms with Crippen LogP contribution in [0.5, 0.6) is 0 Å². The van der Waals surface area contributed by atoms with Crippen molar-refractivity contribution in [1.29, 1.82) is 0 Å². The summed E-state index contributed by atoms with van der Waals surface area (Å²) in [5.41, 5.74) is 2.46. The maximum Gasteiger partial charge on any atom is 0.269 e. The average Bonchev–Trinajstić information content (AvgIpc) is 3.12. The fourth-order valence-electron chi connectivity index (χ4n) is 4.24. The lowest BCUT2D eigenvalue weighted by Gasteiger charge is -2.34. The first-order valence-electron chi connectivity index (χ1n) is 10.5. The van der Waals surface area contributed by atoms with Crippen LogP contribution in [-0.2, 0) is 4.79 Å². The highest BCUT2D eigenvalue weighted by molar-refractivity contribution is 5.99. The second-order valence-electron chi connectivity index (χ2n) is 8.97. The van der Waals surface area contributed by atoms with Gasteiger partial charge in [0.2, 0.25) is 5.91 Å². The second kappa shape index (κ2) is 8.17. The fraction of sp³-hybridized carbons (Fsp3) is 0.565. The Hall–Kier alpha value is -2.37. The van der Waals surface area contributed by atoms with Gasteiger partial charge < -0.3 is 14.8 Å². The lowest BCUT2D eigenvalue weighted by Crippen LogP contribution is -2.41. The molecule has 1 aromatic carbocycles. The zero-order valence-corrected chi connectivity index (χ0v) is 18.3. The van der Waals surface area contributed by atoms with E-state index in [1.54, 1.807) is 20.2 Å². The van der Waals surface area contributed by atoms with Gasteiger partial charge in [-0.1, -0.05) is 33.8 Å². The molecule has 1 aliphatic heterocycles. The molecule has 1 saturated heterocycles. The number of hydrogen-bond donors (Lipinski definition) is 1. The molecule has 0 bridgehead atoms. The standard InChI is InChI=1S/C23H32FN3O2/c1-13(2)16-10-17(15-8-7-9-27(12-15)22(28)14(3)4)20(24)21-18(16)11-19(25-21)23(29)26(5)6/h10-11,13-15,25H,7-9,12H2,1-6H3/t15-/m0/s1. The van der Waals surface area contributed by atoms with Crippen molar-refractivity contribution in [3.8, 4) is 0 Å². The van der Waals surface area contributed by atoms with Crippen molar-refractivity contribution < 1.29 is 14.0 Å². The quantitative estimate of drug-likeness (QED) is 0.820. The van der Waals surface area contributed by atoms with Crippen LogP contribution in [0.15, 0.2) is 12.1 Å². The van der Waals surface area contributed by atoms with Gasteiger partial charge in [0.05, 0.1) is 5.52 Å². The van der Waals surface area contributed by atoms with Gasteiger partial charge in [-0.05, 0) is 36.0 Å². The number of carbonyl (C=O) groups excluding carboxylic acids is 2. The van der Waals surface area contributed by atoms with Crippen LogP contribution in [0.2, 0.25) is 0 Å². The first-order chi connectivity index (χ1) is 13.6. The number of H-pyrrole nitrogens is 1. The van der Waals surface area contributed by atoms with Crippen molar-refractivity contribution in [3.05, 3.63) is 34.8 Å². The minimum Gasteiger partial charge on any atom is -0.348 e. The molecule has 1 N–H and O–H groups in total. The molecule has 158 valence electrons. The maximum atomic E-state index is 15.6. The van der Waals surface area contributed by atoms with Gasteiger partial charge in [-0.15, -0.1) is 0 Å². The summed E-state index contributed by atoms with van der Waals surface area (Å²) in [6, 6.07) is 3.71. The minimum absolute atomic E-state index is 0.0374. The zero-order valence-electron chi connectivity index (χ0n) is 18.3. The molecule has 3 rings (SSSR count). The van der Waals surface area contributed by atoms with Gasteiger partial charge in [0.1, 0.15) is 5.69 Å². The number of hydrogen-bond acceptors (Lipinski definition) is 2. The Labute approximate surface area is 172 Å². The van der Waals surface area contributed by atoms with Crippen LogP contribution in [0.1, 0.15) is 74.0 Å². The van der Waals surface area contributed by atoms with Crippen molar-refractivity contribution >= 4 is 22.7 Å². The van der Waals surface area contributed by atoms with E-state index in [4.69, 9.17) is 0 Å². The zero-order chi connectivity index (χ0) is 21.5. The second-order valence-corrected chi connectivity index (χ2v) is 8.97. The van der Waals surface area contributed by atoms with Gasteiger partial charge in [-0.2, -0.15) is 0 Å². The van der Waals surface area contributed by atoms with Crippen molar-refractivity contribution in [2.75, 3.05) is 27.2 Å². The third kappa shape index (κ3) is 4.02. The molecule has 2 amide bonds. The first-order valence-corrected chi connectivity index (χ1v) is 10.5. The molecule has 0 radical (unpaired) electrons. The van der Waals surface area contributed by atoms with Crippen LogP contribution in [-0.4, -0.2) is 53.8 Å². The molecule has 29 heavy (non-hydrogen) atoms. The molecule has 1 fully saturated rings. The monoisotopic (exact) mass is 401 g/mol. The third-order valence-electron chi connectivity index (χ3n) is 5.84. The summed E-state index contributed by atoms with van der Waals surface area (Å²) in [6.45, 7) is 9.23. The van der Waals surface area contributed by atoms with E-state index in [9.17, 15) is 9.59 Å². The number of benzene rings is 1. The van der Waals surface area contributed by atoms with E-state index in [-0.39, 0.29) is 35.4 Å². The van der Waals surface area contributed by atoms with Gasteiger partial charge in [-0.3, -0.25) is 9.59 Å². The number of halogens is 1. The Balaban J connectivity index is 2.07. The topological polar surface area (TPSA) is 56.4 Å². The number of carbonyl (C=O) groups is 2. The summed E-state index contributed by atoms with van der Waals surface area (Å²) in [4.78, 5) is 31.3. The van der Waals surface area contributed by atoms with Crippen LogP contribution in [0.3, 0.4) is 0 Å². The van der Waals surface area contributed by atoms with E-state index in [2.05, 4.69) is 18.8 Å². The molecule has 1 aromatic heterocycles. The molecule has 5 nitrogen and oxygen atoms in total. The van der Waals surface area contributed by atoms with Crippen LogP contribution in [0.4, 0.5) is 4.39 Å². The highest BCUT2D eigenvalue weighted by Crippen LogP contribution is 2.37. The summed E-state index contributed by atoms with van der Waals surface area (Å²) in [6.07, 6.45) is 1.72. The van der Waals surface area contributed by atoms with Crippen molar-refractivity contribution in [1.82, 2.24) is 14.8 Å². The summed E-state index contributed by atoms with van der Waals surface area (Å²) < 4.78 is 15.6. The normalized spacial score (nSPS) is 17.4. The van der Waals surface area contributed by atoms with Gasteiger partial charge in [0.15, 0.2) is 5.82 Å². The molecule has 1 atom stereocenters. The number of aromatic nitrogens is 1. The smallest absolute Gasteiger partial charge is 0.269 e. The van der Waals surface area contributed by atoms with Gasteiger partial charge in [-0.25, -0.2) is 4.39 Å². The summed E-state index contributed by atoms with van der Waals surface area (Å²) in [5.74, 6) is -0.264.